The van der Waals surface area contributed by atoms with Gasteiger partial charge in [0.1, 0.15) is 0 Å². The molecule has 1 saturated heterocycles. The van der Waals surface area contributed by atoms with Crippen LogP contribution in [0.4, 0.5) is 5.69 Å². The summed E-state index contributed by atoms with van der Waals surface area (Å²) in [6, 6.07) is 9.85. The van der Waals surface area contributed by atoms with Gasteiger partial charge in [0, 0.05) is 0 Å². The Morgan fingerprint density at radius 1 is 1.25 bits per heavy atom. The van der Waals surface area contributed by atoms with Crippen LogP contribution in [0.15, 0.2) is 51.0 Å². The summed E-state index contributed by atoms with van der Waals surface area (Å²) in [4.78, 5) is 17.1. The van der Waals surface area contributed by atoms with Gasteiger partial charge in [0.25, 0.3) is 5.91 Å². The Kier molecular flexibility index (Phi) is 3.71. The molecule has 0 bridgehead atoms. The Morgan fingerprint density at radius 3 is 2.85 bits per heavy atom. The number of hydrogen-bond acceptors (Lipinski definition) is 4. The summed E-state index contributed by atoms with van der Waals surface area (Å²) >= 11 is 2.99. The van der Waals surface area contributed by atoms with Crippen molar-refractivity contribution in [3.05, 3.63) is 57.1 Å². The Morgan fingerprint density at radius 2 is 2.10 bits per heavy atom. The standard InChI is InChI=1S/C15H12N2OS2/c1-10-4-2-3-5-12(10)16-15-17-14(18)13(20-15)8-11-6-7-19-9-11/h2-9H,1H3,(H,16,17,18)/b13-8+. The van der Waals surface area contributed by atoms with Crippen LogP contribution in [0.2, 0.25) is 0 Å². The van der Waals surface area contributed by atoms with E-state index in [1.807, 2.05) is 54.1 Å². The van der Waals surface area contributed by atoms with E-state index in [1.165, 1.54) is 11.8 Å². The van der Waals surface area contributed by atoms with Gasteiger partial charge in [0.15, 0.2) is 5.17 Å². The predicted octanol–water partition coefficient (Wildman–Crippen LogP) is 3.95. The molecule has 1 aromatic heterocycles. The van der Waals surface area contributed by atoms with Gasteiger partial charge in [-0.2, -0.15) is 11.3 Å². The van der Waals surface area contributed by atoms with Crippen molar-refractivity contribution >= 4 is 45.9 Å². The van der Waals surface area contributed by atoms with Crippen LogP contribution in [0.3, 0.4) is 0 Å². The van der Waals surface area contributed by atoms with Crippen LogP contribution < -0.4 is 5.32 Å². The number of aryl methyl sites for hydroxylation is 1. The molecule has 2 aromatic rings. The number of benzene rings is 1. The Hall–Kier alpha value is -1.85. The average Bonchev–Trinajstić information content (AvgIpc) is 3.04. The fourth-order valence-corrected chi connectivity index (χ4v) is 3.24. The van der Waals surface area contributed by atoms with E-state index in [-0.39, 0.29) is 5.91 Å². The van der Waals surface area contributed by atoms with E-state index in [4.69, 9.17) is 0 Å². The number of amidine groups is 1. The third kappa shape index (κ3) is 2.84. The zero-order chi connectivity index (χ0) is 13.9. The number of aliphatic imine (C=N–C) groups is 1. The van der Waals surface area contributed by atoms with Crippen LogP contribution in [0.25, 0.3) is 6.08 Å². The second-order valence-corrected chi connectivity index (χ2v) is 6.14. The molecule has 1 aliphatic rings. The van der Waals surface area contributed by atoms with E-state index in [9.17, 15) is 4.79 Å². The van der Waals surface area contributed by atoms with Crippen molar-refractivity contribution in [2.24, 2.45) is 4.99 Å². The van der Waals surface area contributed by atoms with Crippen molar-refractivity contribution in [1.29, 1.82) is 0 Å². The fraction of sp³-hybridized carbons (Fsp3) is 0.0667. The van der Waals surface area contributed by atoms with E-state index < -0.39 is 0 Å². The van der Waals surface area contributed by atoms with Gasteiger partial charge in [-0.25, -0.2) is 4.99 Å². The van der Waals surface area contributed by atoms with Crippen molar-refractivity contribution in [2.75, 3.05) is 0 Å². The highest BCUT2D eigenvalue weighted by Crippen LogP contribution is 2.29. The highest BCUT2D eigenvalue weighted by Gasteiger charge is 2.23. The first-order valence-corrected chi connectivity index (χ1v) is 7.86. The maximum Gasteiger partial charge on any atom is 0.264 e. The molecule has 0 unspecified atom stereocenters. The molecule has 20 heavy (non-hydrogen) atoms. The lowest BCUT2D eigenvalue weighted by molar-refractivity contribution is -0.115. The van der Waals surface area contributed by atoms with Gasteiger partial charge < -0.3 is 5.32 Å². The molecule has 3 rings (SSSR count). The zero-order valence-electron chi connectivity index (χ0n) is 10.8. The lowest BCUT2D eigenvalue weighted by atomic mass is 10.2. The number of thiophene rings is 1. The highest BCUT2D eigenvalue weighted by atomic mass is 32.2. The van der Waals surface area contributed by atoms with Crippen molar-refractivity contribution < 1.29 is 4.79 Å². The predicted molar refractivity (Wildman–Crippen MR) is 86.3 cm³/mol. The Bertz CT molecular complexity index is 702. The lowest BCUT2D eigenvalue weighted by Crippen LogP contribution is -2.19. The maximum absolute atomic E-state index is 11.9. The van der Waals surface area contributed by atoms with E-state index in [1.54, 1.807) is 11.3 Å². The molecule has 1 fully saturated rings. The molecule has 0 radical (unpaired) electrons. The summed E-state index contributed by atoms with van der Waals surface area (Å²) in [6.45, 7) is 2.00. The Balaban J connectivity index is 1.85. The molecule has 1 N–H and O–H groups in total. The number of carbonyl (C=O) groups excluding carboxylic acids is 1. The minimum atomic E-state index is -0.0893. The molecule has 1 amide bonds. The van der Waals surface area contributed by atoms with Gasteiger partial charge in [-0.15, -0.1) is 0 Å². The number of nitrogens with zero attached hydrogens (tertiary/aromatic N) is 1. The quantitative estimate of drug-likeness (QED) is 0.853. The summed E-state index contributed by atoms with van der Waals surface area (Å²) in [6.07, 6.45) is 1.89. The Labute approximate surface area is 125 Å². The van der Waals surface area contributed by atoms with Crippen molar-refractivity contribution in [2.45, 2.75) is 6.92 Å². The van der Waals surface area contributed by atoms with Gasteiger partial charge in [-0.3, -0.25) is 4.79 Å². The SMILES string of the molecule is Cc1ccccc1N=C1NC(=O)/C(=C\c2ccsc2)S1. The van der Waals surface area contributed by atoms with Crippen LogP contribution in [0.1, 0.15) is 11.1 Å². The van der Waals surface area contributed by atoms with E-state index >= 15 is 0 Å². The van der Waals surface area contributed by atoms with E-state index in [0.29, 0.717) is 10.1 Å². The molecular formula is C15H12N2OS2. The van der Waals surface area contributed by atoms with E-state index in [2.05, 4.69) is 10.3 Å². The third-order valence-corrected chi connectivity index (χ3v) is 4.44. The molecule has 3 nitrogen and oxygen atoms in total. The smallest absolute Gasteiger partial charge is 0.264 e. The second-order valence-electron chi connectivity index (χ2n) is 4.32. The summed E-state index contributed by atoms with van der Waals surface area (Å²) in [5, 5.41) is 7.44. The minimum absolute atomic E-state index is 0.0893. The van der Waals surface area contributed by atoms with Gasteiger partial charge in [-0.1, -0.05) is 18.2 Å². The molecule has 1 aliphatic heterocycles. The minimum Gasteiger partial charge on any atom is -0.300 e. The van der Waals surface area contributed by atoms with Gasteiger partial charge in [0.2, 0.25) is 0 Å². The number of nitrogens with one attached hydrogen (secondary N) is 1. The van der Waals surface area contributed by atoms with Gasteiger partial charge in [-0.05, 0) is 58.8 Å². The summed E-state index contributed by atoms with van der Waals surface area (Å²) in [5.41, 5.74) is 3.02. The second kappa shape index (κ2) is 5.64. The van der Waals surface area contributed by atoms with Crippen molar-refractivity contribution in [1.82, 2.24) is 5.32 Å². The molecule has 0 atom stereocenters. The first-order chi connectivity index (χ1) is 9.72. The van der Waals surface area contributed by atoms with Crippen LogP contribution in [0, 0.1) is 6.92 Å². The largest absolute Gasteiger partial charge is 0.300 e. The van der Waals surface area contributed by atoms with Gasteiger partial charge in [0.05, 0.1) is 10.6 Å². The first-order valence-electron chi connectivity index (χ1n) is 6.10. The number of hydrogen-bond donors (Lipinski definition) is 1. The van der Waals surface area contributed by atoms with Crippen molar-refractivity contribution in [3.63, 3.8) is 0 Å². The van der Waals surface area contributed by atoms with Crippen molar-refractivity contribution in [3.8, 4) is 0 Å². The molecule has 1 aromatic carbocycles. The van der Waals surface area contributed by atoms with Gasteiger partial charge >= 0.3 is 0 Å². The molecule has 2 heterocycles. The van der Waals surface area contributed by atoms with Crippen LogP contribution in [0.5, 0.6) is 0 Å². The zero-order valence-corrected chi connectivity index (χ0v) is 12.4. The molecule has 0 saturated carbocycles. The molecule has 5 heteroatoms. The summed E-state index contributed by atoms with van der Waals surface area (Å²) in [7, 11) is 0. The number of rotatable bonds is 2. The third-order valence-electron chi connectivity index (χ3n) is 2.83. The average molecular weight is 300 g/mol. The number of amides is 1. The monoisotopic (exact) mass is 300 g/mol. The summed E-state index contributed by atoms with van der Waals surface area (Å²) in [5.74, 6) is -0.0893. The van der Waals surface area contributed by atoms with Crippen LogP contribution >= 0.6 is 23.1 Å². The summed E-state index contributed by atoms with van der Waals surface area (Å²) < 4.78 is 0. The molecule has 0 spiro atoms. The van der Waals surface area contributed by atoms with Crippen LogP contribution in [-0.2, 0) is 4.79 Å². The lowest BCUT2D eigenvalue weighted by Gasteiger charge is -1.99. The maximum atomic E-state index is 11.9. The van der Waals surface area contributed by atoms with E-state index in [0.717, 1.165) is 16.8 Å². The molecule has 100 valence electrons. The number of carbonyl (C=O) groups is 1. The first kappa shape index (κ1) is 13.1. The number of thioether (sulfide) groups is 1. The highest BCUT2D eigenvalue weighted by molar-refractivity contribution is 8.18. The number of para-hydroxylation sites is 1. The van der Waals surface area contributed by atoms with Crippen LogP contribution in [-0.4, -0.2) is 11.1 Å². The normalized spacial score (nSPS) is 18.8. The molecule has 0 aliphatic carbocycles. The molecular weight excluding hydrogens is 288 g/mol. The fourth-order valence-electron chi connectivity index (χ4n) is 1.79. The topological polar surface area (TPSA) is 41.5 Å².